The Morgan fingerprint density at radius 2 is 1.52 bits per heavy atom. The van der Waals surface area contributed by atoms with Crippen molar-refractivity contribution in [3.63, 3.8) is 0 Å². The lowest BCUT2D eigenvalue weighted by atomic mass is 10.3. The summed E-state index contributed by atoms with van der Waals surface area (Å²) in [5.41, 5.74) is -0.291. The third kappa shape index (κ3) is 3.83. The molecule has 0 spiro atoms. The lowest BCUT2D eigenvalue weighted by Gasteiger charge is -2.09. The van der Waals surface area contributed by atoms with Gasteiger partial charge in [0, 0.05) is 27.2 Å². The number of hydrogen-bond acceptors (Lipinski definition) is 5. The van der Waals surface area contributed by atoms with Crippen LogP contribution in [0.4, 0.5) is 24.5 Å². The molecule has 0 radical (unpaired) electrons. The summed E-state index contributed by atoms with van der Waals surface area (Å²) in [6.45, 7) is 1.76. The molecule has 0 saturated carbocycles. The Morgan fingerprint density at radius 3 is 2.07 bits per heavy atom. The van der Waals surface area contributed by atoms with Gasteiger partial charge in [-0.2, -0.15) is 28.5 Å². The second-order valence-electron chi connectivity index (χ2n) is 6.24. The van der Waals surface area contributed by atoms with E-state index in [4.69, 9.17) is 0 Å². The van der Waals surface area contributed by atoms with Crippen LogP contribution in [0, 0.1) is 6.92 Å². The highest BCUT2D eigenvalue weighted by Gasteiger charge is 2.35. The Kier molecular flexibility index (Phi) is 4.90. The fraction of sp³-hybridized carbons (Fsp3) is 0.312. The van der Waals surface area contributed by atoms with Gasteiger partial charge in [0.1, 0.15) is 11.4 Å². The molecule has 0 fully saturated rings. The first-order valence-electron chi connectivity index (χ1n) is 8.23. The first-order valence-corrected chi connectivity index (χ1v) is 8.23. The zero-order valence-electron chi connectivity index (χ0n) is 15.9. The van der Waals surface area contributed by atoms with Gasteiger partial charge in [0.2, 0.25) is 0 Å². The minimum Gasteiger partial charge on any atom is -0.318 e. The first kappa shape index (κ1) is 20.1. The number of nitrogens with one attached hydrogen (secondary N) is 2. The van der Waals surface area contributed by atoms with Gasteiger partial charge in [-0.05, 0) is 6.92 Å². The van der Waals surface area contributed by atoms with E-state index in [1.807, 2.05) is 0 Å². The molecule has 3 aromatic rings. The maximum Gasteiger partial charge on any atom is 0.435 e. The fourth-order valence-corrected chi connectivity index (χ4v) is 2.61. The molecule has 0 aliphatic heterocycles. The topological polar surface area (TPSA) is 112 Å². The van der Waals surface area contributed by atoms with E-state index in [9.17, 15) is 22.8 Å². The van der Waals surface area contributed by atoms with Crippen molar-refractivity contribution in [3.8, 4) is 0 Å². The number of rotatable bonds is 4. The average Bonchev–Trinajstić information content (AvgIpc) is 3.28. The van der Waals surface area contributed by atoms with E-state index in [1.54, 1.807) is 18.7 Å². The molecule has 3 rings (SSSR count). The Bertz CT molecular complexity index is 1090. The number of halogens is 3. The molecule has 0 unspecified atom stereocenters. The van der Waals surface area contributed by atoms with Gasteiger partial charge in [-0.3, -0.25) is 23.6 Å². The predicted octanol–water partition coefficient (Wildman–Crippen LogP) is 1.72. The predicted molar refractivity (Wildman–Crippen MR) is 95.3 cm³/mol. The quantitative estimate of drug-likeness (QED) is 0.680. The van der Waals surface area contributed by atoms with Crippen molar-refractivity contribution in [1.29, 1.82) is 0 Å². The molecule has 0 aromatic carbocycles. The van der Waals surface area contributed by atoms with Crippen molar-refractivity contribution in [3.05, 3.63) is 41.2 Å². The Morgan fingerprint density at radius 1 is 0.931 bits per heavy atom. The van der Waals surface area contributed by atoms with Crippen LogP contribution in [0.2, 0.25) is 0 Å². The molecule has 3 heterocycles. The van der Waals surface area contributed by atoms with Gasteiger partial charge in [0.15, 0.2) is 5.69 Å². The van der Waals surface area contributed by atoms with Crippen LogP contribution < -0.4 is 10.6 Å². The molecule has 0 bridgehead atoms. The van der Waals surface area contributed by atoms with Crippen LogP contribution >= 0.6 is 0 Å². The summed E-state index contributed by atoms with van der Waals surface area (Å²) in [5.74, 6) is -1.44. The number of amides is 2. The Balaban J connectivity index is 1.84. The van der Waals surface area contributed by atoms with Crippen LogP contribution in [-0.4, -0.2) is 41.2 Å². The monoisotopic (exact) mass is 410 g/mol. The lowest BCUT2D eigenvalue weighted by Crippen LogP contribution is -2.21. The molecule has 0 aliphatic carbocycles. The molecule has 13 heteroatoms. The first-order chi connectivity index (χ1) is 13.5. The summed E-state index contributed by atoms with van der Waals surface area (Å²) in [5, 5.41) is 16.3. The molecule has 154 valence electrons. The number of carbonyl (C=O) groups is 2. The summed E-state index contributed by atoms with van der Waals surface area (Å²) in [6, 6.07) is 0.629. The van der Waals surface area contributed by atoms with Crippen molar-refractivity contribution in [1.82, 2.24) is 29.3 Å². The van der Waals surface area contributed by atoms with Gasteiger partial charge in [-0.1, -0.05) is 0 Å². The number of aromatic nitrogens is 6. The standard InChI is InChI=1S/C16H17F3N8O2/c1-8-9(6-20-25(8)2)22-15(29)13-10(7-21-27(13)4)23-14(28)11-5-12(16(17,18)19)24-26(11)3/h5-7H,1-4H3,(H,22,29)(H,23,28). The van der Waals surface area contributed by atoms with E-state index in [0.717, 1.165) is 4.68 Å². The van der Waals surface area contributed by atoms with Crippen LogP contribution in [0.1, 0.15) is 32.4 Å². The average molecular weight is 410 g/mol. The van der Waals surface area contributed by atoms with Gasteiger partial charge >= 0.3 is 6.18 Å². The zero-order chi connectivity index (χ0) is 21.5. The second kappa shape index (κ2) is 7.07. The van der Waals surface area contributed by atoms with Crippen molar-refractivity contribution in [2.24, 2.45) is 21.1 Å². The van der Waals surface area contributed by atoms with Crippen molar-refractivity contribution < 1.29 is 22.8 Å². The fourth-order valence-electron chi connectivity index (χ4n) is 2.61. The van der Waals surface area contributed by atoms with E-state index < -0.39 is 23.7 Å². The molecule has 2 N–H and O–H groups in total. The van der Waals surface area contributed by atoms with Crippen LogP contribution in [-0.2, 0) is 27.3 Å². The number of anilines is 2. The van der Waals surface area contributed by atoms with Crippen LogP contribution in [0.15, 0.2) is 18.5 Å². The number of carbonyl (C=O) groups excluding carboxylic acids is 2. The Hall–Kier alpha value is -3.64. The second-order valence-corrected chi connectivity index (χ2v) is 6.24. The maximum absolute atomic E-state index is 12.8. The van der Waals surface area contributed by atoms with Crippen LogP contribution in [0.5, 0.6) is 0 Å². The van der Waals surface area contributed by atoms with Crippen LogP contribution in [0.3, 0.4) is 0 Å². The molecule has 29 heavy (non-hydrogen) atoms. The van der Waals surface area contributed by atoms with Crippen molar-refractivity contribution in [2.45, 2.75) is 13.1 Å². The summed E-state index contributed by atoms with van der Waals surface area (Å²) in [7, 11) is 4.42. The van der Waals surface area contributed by atoms with E-state index in [2.05, 4.69) is 25.9 Å². The summed E-state index contributed by atoms with van der Waals surface area (Å²) in [6.07, 6.45) is -1.99. The number of hydrogen-bond donors (Lipinski definition) is 2. The smallest absolute Gasteiger partial charge is 0.318 e. The molecular formula is C16H17F3N8O2. The van der Waals surface area contributed by atoms with Gasteiger partial charge in [0.05, 0.1) is 29.5 Å². The van der Waals surface area contributed by atoms with Crippen LogP contribution in [0.25, 0.3) is 0 Å². The largest absolute Gasteiger partial charge is 0.435 e. The van der Waals surface area contributed by atoms with Gasteiger partial charge in [-0.15, -0.1) is 0 Å². The number of aryl methyl sites for hydroxylation is 3. The minimum atomic E-state index is -4.68. The summed E-state index contributed by atoms with van der Waals surface area (Å²) < 4.78 is 42.0. The SMILES string of the molecule is Cc1c(NC(=O)c2c(NC(=O)c3cc(C(F)(F)F)nn3C)cnn2C)cnn1C. The third-order valence-corrected chi connectivity index (χ3v) is 4.29. The van der Waals surface area contributed by atoms with E-state index in [-0.39, 0.29) is 17.1 Å². The normalized spacial score (nSPS) is 11.6. The molecule has 10 nitrogen and oxygen atoms in total. The molecular weight excluding hydrogens is 393 g/mol. The van der Waals surface area contributed by atoms with Crippen molar-refractivity contribution in [2.75, 3.05) is 10.6 Å². The van der Waals surface area contributed by atoms with E-state index in [0.29, 0.717) is 17.4 Å². The number of alkyl halides is 3. The highest BCUT2D eigenvalue weighted by Crippen LogP contribution is 2.28. The molecule has 2 amide bonds. The number of nitrogens with zero attached hydrogens (tertiary/aromatic N) is 6. The van der Waals surface area contributed by atoms with Gasteiger partial charge < -0.3 is 10.6 Å². The molecule has 0 atom stereocenters. The highest BCUT2D eigenvalue weighted by molar-refractivity contribution is 6.11. The summed E-state index contributed by atoms with van der Waals surface area (Å²) in [4.78, 5) is 25.1. The molecule has 0 saturated heterocycles. The highest BCUT2D eigenvalue weighted by atomic mass is 19.4. The minimum absolute atomic E-state index is 0.0137. The third-order valence-electron chi connectivity index (χ3n) is 4.29. The van der Waals surface area contributed by atoms with E-state index >= 15 is 0 Å². The van der Waals surface area contributed by atoms with Crippen molar-refractivity contribution >= 4 is 23.2 Å². The molecule has 3 aromatic heterocycles. The lowest BCUT2D eigenvalue weighted by molar-refractivity contribution is -0.141. The summed E-state index contributed by atoms with van der Waals surface area (Å²) >= 11 is 0. The van der Waals surface area contributed by atoms with E-state index in [1.165, 1.54) is 31.2 Å². The maximum atomic E-state index is 12.8. The molecule has 0 aliphatic rings. The van der Waals surface area contributed by atoms with Gasteiger partial charge in [-0.25, -0.2) is 0 Å². The Labute approximate surface area is 162 Å². The van der Waals surface area contributed by atoms with Gasteiger partial charge in [0.25, 0.3) is 11.8 Å². The zero-order valence-corrected chi connectivity index (χ0v) is 15.9.